The maximum atomic E-state index is 12.9. The minimum atomic E-state index is -0.675. The lowest BCUT2D eigenvalue weighted by atomic mass is 10.1. The molecule has 0 fully saturated rings. The Hall–Kier alpha value is -1.91. The molecule has 0 aliphatic heterocycles. The molecule has 4 unspecified atom stereocenters. The first-order chi connectivity index (χ1) is 21.5. The predicted molar refractivity (Wildman–Crippen MR) is 181 cm³/mol. The Bertz CT molecular complexity index is 739. The fraction of sp³-hybridized carbons (Fsp3) is 0.914. The first-order valence-electron chi connectivity index (χ1n) is 18.0. The van der Waals surface area contributed by atoms with Crippen LogP contribution in [0.15, 0.2) is 0 Å². The summed E-state index contributed by atoms with van der Waals surface area (Å²) in [7, 11) is 0. The molecule has 45 heavy (non-hydrogen) atoms. The Morgan fingerprint density at radius 1 is 0.556 bits per heavy atom. The van der Waals surface area contributed by atoms with Gasteiger partial charge in [0, 0.05) is 39.0 Å². The summed E-state index contributed by atoms with van der Waals surface area (Å²) in [6.45, 7) is 10.4. The fourth-order valence-corrected chi connectivity index (χ4v) is 5.46. The molecule has 4 N–H and O–H groups in total. The van der Waals surface area contributed by atoms with Gasteiger partial charge in [0.1, 0.15) is 6.10 Å². The van der Waals surface area contributed by atoms with E-state index < -0.39 is 30.5 Å². The van der Waals surface area contributed by atoms with Gasteiger partial charge < -0.3 is 35.2 Å². The SMILES string of the molecule is CCCCCCCCCCCCNC(=O)OC(C)CN(CC(C)O)C(=O)CCCCCCCCC(=O)N(CC(C)O)CC(C)O. The Balaban J connectivity index is 4.15. The summed E-state index contributed by atoms with van der Waals surface area (Å²) < 4.78 is 5.48. The van der Waals surface area contributed by atoms with Crippen LogP contribution < -0.4 is 5.32 Å². The Kier molecular flexibility index (Phi) is 27.1. The van der Waals surface area contributed by atoms with E-state index >= 15 is 0 Å². The minimum absolute atomic E-state index is 0.0506. The Labute approximate surface area is 274 Å². The van der Waals surface area contributed by atoms with Crippen LogP contribution in [0.25, 0.3) is 0 Å². The van der Waals surface area contributed by atoms with E-state index in [0.29, 0.717) is 19.4 Å². The third-order valence-electron chi connectivity index (χ3n) is 7.78. The van der Waals surface area contributed by atoms with Crippen LogP contribution in [0, 0.1) is 0 Å². The summed E-state index contributed by atoms with van der Waals surface area (Å²) in [5.74, 6) is -0.107. The molecule has 0 spiro atoms. The fourth-order valence-electron chi connectivity index (χ4n) is 5.46. The zero-order chi connectivity index (χ0) is 33.9. The summed E-state index contributed by atoms with van der Waals surface area (Å²) in [5.41, 5.74) is 0. The molecule has 10 nitrogen and oxygen atoms in total. The zero-order valence-electron chi connectivity index (χ0n) is 29.4. The molecule has 266 valence electrons. The van der Waals surface area contributed by atoms with Gasteiger partial charge >= 0.3 is 6.09 Å². The summed E-state index contributed by atoms with van der Waals surface area (Å²) >= 11 is 0. The quantitative estimate of drug-likeness (QED) is 0.0740. The lowest BCUT2D eigenvalue weighted by molar-refractivity contribution is -0.134. The van der Waals surface area contributed by atoms with Gasteiger partial charge in [-0.3, -0.25) is 9.59 Å². The monoisotopic (exact) mass is 644 g/mol. The largest absolute Gasteiger partial charge is 0.445 e. The maximum absolute atomic E-state index is 12.9. The van der Waals surface area contributed by atoms with E-state index in [9.17, 15) is 29.7 Å². The highest BCUT2D eigenvalue weighted by Crippen LogP contribution is 2.13. The van der Waals surface area contributed by atoms with Gasteiger partial charge in [-0.1, -0.05) is 90.4 Å². The van der Waals surface area contributed by atoms with E-state index in [-0.39, 0.29) is 38.0 Å². The topological polar surface area (TPSA) is 140 Å². The highest BCUT2D eigenvalue weighted by molar-refractivity contribution is 5.76. The van der Waals surface area contributed by atoms with Crippen molar-refractivity contribution in [3.8, 4) is 0 Å². The van der Waals surface area contributed by atoms with Crippen LogP contribution in [-0.2, 0) is 14.3 Å². The maximum Gasteiger partial charge on any atom is 0.407 e. The number of aliphatic hydroxyl groups excluding tert-OH is 3. The number of carbonyl (C=O) groups excluding carboxylic acids is 3. The van der Waals surface area contributed by atoms with Gasteiger partial charge in [0.15, 0.2) is 0 Å². The van der Waals surface area contributed by atoms with Crippen LogP contribution in [0.5, 0.6) is 0 Å². The van der Waals surface area contributed by atoms with E-state index in [1.165, 1.54) is 56.3 Å². The van der Waals surface area contributed by atoms with Crippen LogP contribution in [0.2, 0.25) is 0 Å². The Morgan fingerprint density at radius 2 is 0.911 bits per heavy atom. The second-order valence-corrected chi connectivity index (χ2v) is 13.1. The van der Waals surface area contributed by atoms with E-state index in [2.05, 4.69) is 12.2 Å². The van der Waals surface area contributed by atoms with E-state index in [0.717, 1.165) is 51.4 Å². The van der Waals surface area contributed by atoms with Gasteiger partial charge in [0.25, 0.3) is 0 Å². The highest BCUT2D eigenvalue weighted by atomic mass is 16.6. The third-order valence-corrected chi connectivity index (χ3v) is 7.78. The first kappa shape index (κ1) is 43.1. The van der Waals surface area contributed by atoms with Gasteiger partial charge in [-0.05, 0) is 47.0 Å². The predicted octanol–water partition coefficient (Wildman–Crippen LogP) is 5.94. The molecule has 0 rings (SSSR count). The molecular weight excluding hydrogens is 574 g/mol. The van der Waals surface area contributed by atoms with Crippen LogP contribution in [0.1, 0.15) is 150 Å². The van der Waals surface area contributed by atoms with Crippen molar-refractivity contribution >= 4 is 17.9 Å². The number of hydrogen-bond donors (Lipinski definition) is 4. The molecular formula is C35H69N3O7. The van der Waals surface area contributed by atoms with Gasteiger partial charge in [0.2, 0.25) is 11.8 Å². The van der Waals surface area contributed by atoms with Crippen LogP contribution in [0.3, 0.4) is 0 Å². The highest BCUT2D eigenvalue weighted by Gasteiger charge is 2.20. The molecule has 0 aliphatic rings. The number of aliphatic hydroxyl groups is 3. The van der Waals surface area contributed by atoms with E-state index in [1.807, 2.05) is 0 Å². The minimum Gasteiger partial charge on any atom is -0.445 e. The summed E-state index contributed by atoms with van der Waals surface area (Å²) in [6.07, 6.45) is 15.4. The standard InChI is InChI=1S/C35H69N3O7/c1-6-7-8-9-10-11-12-15-18-21-24-36-35(44)45-32(5)28-38(27-31(4)41)34(43)23-20-17-14-13-16-19-22-33(42)37(25-29(2)39)26-30(3)40/h29-32,39-41H,6-28H2,1-5H3,(H,36,44). The number of ether oxygens (including phenoxy) is 1. The molecule has 0 saturated heterocycles. The number of alkyl carbamates (subject to hydrolysis) is 1. The van der Waals surface area contributed by atoms with Crippen molar-refractivity contribution in [2.24, 2.45) is 0 Å². The lowest BCUT2D eigenvalue weighted by Gasteiger charge is -2.27. The second kappa shape index (κ2) is 28.3. The summed E-state index contributed by atoms with van der Waals surface area (Å²) in [4.78, 5) is 40.7. The number of hydrogen-bond acceptors (Lipinski definition) is 7. The van der Waals surface area contributed by atoms with Crippen LogP contribution in [-0.4, -0.2) is 100 Å². The molecule has 0 bridgehead atoms. The summed E-state index contributed by atoms with van der Waals surface area (Å²) in [6, 6.07) is 0. The molecule has 0 aromatic rings. The molecule has 10 heteroatoms. The van der Waals surface area contributed by atoms with Gasteiger partial charge in [-0.25, -0.2) is 4.79 Å². The second-order valence-electron chi connectivity index (χ2n) is 13.1. The molecule has 0 aromatic carbocycles. The van der Waals surface area contributed by atoms with Crippen molar-refractivity contribution in [2.75, 3.05) is 32.7 Å². The van der Waals surface area contributed by atoms with Gasteiger partial charge in [-0.2, -0.15) is 0 Å². The molecule has 3 amide bonds. The normalized spacial score (nSPS) is 14.0. The zero-order valence-corrected chi connectivity index (χ0v) is 29.4. The number of unbranched alkanes of at least 4 members (excludes halogenated alkanes) is 14. The average Bonchev–Trinajstić information content (AvgIpc) is 2.95. The molecule has 0 radical (unpaired) electrons. The number of nitrogens with one attached hydrogen (secondary N) is 1. The van der Waals surface area contributed by atoms with Crippen molar-refractivity contribution in [1.82, 2.24) is 15.1 Å². The third kappa shape index (κ3) is 27.0. The van der Waals surface area contributed by atoms with Gasteiger partial charge in [-0.15, -0.1) is 0 Å². The van der Waals surface area contributed by atoms with E-state index in [4.69, 9.17) is 4.74 Å². The van der Waals surface area contributed by atoms with Gasteiger partial charge in [0.05, 0.1) is 24.9 Å². The Morgan fingerprint density at radius 3 is 1.31 bits per heavy atom. The number of rotatable bonds is 29. The van der Waals surface area contributed by atoms with Crippen LogP contribution >= 0.6 is 0 Å². The molecule has 0 aromatic heterocycles. The number of carbonyl (C=O) groups is 3. The first-order valence-corrected chi connectivity index (χ1v) is 18.0. The molecule has 4 atom stereocenters. The van der Waals surface area contributed by atoms with Crippen molar-refractivity contribution in [3.05, 3.63) is 0 Å². The number of amides is 3. The average molecular weight is 644 g/mol. The van der Waals surface area contributed by atoms with Crippen molar-refractivity contribution in [1.29, 1.82) is 0 Å². The summed E-state index contributed by atoms with van der Waals surface area (Å²) in [5, 5.41) is 32.0. The number of nitrogens with zero attached hydrogens (tertiary/aromatic N) is 2. The van der Waals surface area contributed by atoms with Crippen LogP contribution in [0.4, 0.5) is 4.79 Å². The lowest BCUT2D eigenvalue weighted by Crippen LogP contribution is -2.42. The smallest absolute Gasteiger partial charge is 0.407 e. The molecule has 0 heterocycles. The van der Waals surface area contributed by atoms with Crippen molar-refractivity contribution in [3.63, 3.8) is 0 Å². The van der Waals surface area contributed by atoms with Crippen molar-refractivity contribution in [2.45, 2.75) is 175 Å². The molecule has 0 aliphatic carbocycles. The van der Waals surface area contributed by atoms with Crippen molar-refractivity contribution < 1.29 is 34.4 Å². The van der Waals surface area contributed by atoms with E-state index in [1.54, 1.807) is 32.6 Å². The molecule has 0 saturated carbocycles.